The van der Waals surface area contributed by atoms with E-state index in [1.165, 1.54) is 25.7 Å². The van der Waals surface area contributed by atoms with Crippen LogP contribution in [0, 0.1) is 11.7 Å². The number of alkyl carbamates (subject to hydrolysis) is 1. The van der Waals surface area contributed by atoms with Crippen LogP contribution < -0.4 is 15.0 Å². The standard InChI is InChI=1S/C35H43FN2O5/c1-23(37-34(41)43-35(2,3)4)29-14-10-15-30(33(29)36)27-17-25(18-28(19-27)38(5)21-24-11-6-7-12-24)22-42-31-16-9-8-13-26(31)20-32(39)40/h8-10,13-19,23-24H,6-7,11-12,20-22H2,1-5H3,(H,37,41)(H,39,40). The Kier molecular flexibility index (Phi) is 10.3. The number of rotatable bonds is 11. The number of hydrogen-bond acceptors (Lipinski definition) is 5. The molecule has 4 rings (SSSR count). The van der Waals surface area contributed by atoms with Crippen LogP contribution in [0.5, 0.6) is 5.75 Å². The van der Waals surface area contributed by atoms with Crippen LogP contribution in [0.4, 0.5) is 14.9 Å². The summed E-state index contributed by atoms with van der Waals surface area (Å²) in [7, 11) is 2.06. The zero-order valence-corrected chi connectivity index (χ0v) is 25.8. The lowest BCUT2D eigenvalue weighted by molar-refractivity contribution is -0.136. The molecule has 43 heavy (non-hydrogen) atoms. The molecule has 0 spiro atoms. The Labute approximate surface area is 254 Å². The van der Waals surface area contributed by atoms with Crippen LogP contribution in [0.15, 0.2) is 60.7 Å². The number of nitrogens with zero attached hydrogens (tertiary/aromatic N) is 1. The summed E-state index contributed by atoms with van der Waals surface area (Å²) in [6.45, 7) is 8.16. The van der Waals surface area contributed by atoms with Gasteiger partial charge in [-0.1, -0.05) is 49.2 Å². The summed E-state index contributed by atoms with van der Waals surface area (Å²) >= 11 is 0. The highest BCUT2D eigenvalue weighted by Crippen LogP contribution is 2.34. The zero-order valence-electron chi connectivity index (χ0n) is 25.8. The van der Waals surface area contributed by atoms with E-state index in [1.807, 2.05) is 24.3 Å². The number of carboxylic acids is 1. The molecule has 0 aliphatic heterocycles. The zero-order chi connectivity index (χ0) is 31.1. The minimum Gasteiger partial charge on any atom is -0.489 e. The number of aliphatic carboxylic acids is 1. The molecule has 2 N–H and O–H groups in total. The second kappa shape index (κ2) is 13.9. The van der Waals surface area contributed by atoms with E-state index in [-0.39, 0.29) is 13.0 Å². The van der Waals surface area contributed by atoms with Crippen LogP contribution in [0.25, 0.3) is 11.1 Å². The fraction of sp³-hybridized carbons (Fsp3) is 0.429. The van der Waals surface area contributed by atoms with Crippen LogP contribution in [0.1, 0.15) is 76.1 Å². The maximum absolute atomic E-state index is 16.1. The SMILES string of the molecule is CC(NC(=O)OC(C)(C)C)c1cccc(-c2cc(COc3ccccc3CC(=O)O)cc(N(C)CC3CCCC3)c2)c1F. The second-order valence-corrected chi connectivity index (χ2v) is 12.5. The van der Waals surface area contributed by atoms with Gasteiger partial charge in [0, 0.05) is 36.0 Å². The van der Waals surface area contributed by atoms with Crippen LogP contribution in [-0.4, -0.2) is 36.4 Å². The van der Waals surface area contributed by atoms with Gasteiger partial charge in [0.2, 0.25) is 0 Å². The van der Waals surface area contributed by atoms with E-state index in [1.54, 1.807) is 64.1 Å². The van der Waals surface area contributed by atoms with Gasteiger partial charge < -0.3 is 24.8 Å². The van der Waals surface area contributed by atoms with E-state index in [0.29, 0.717) is 33.9 Å². The first-order valence-electron chi connectivity index (χ1n) is 15.0. The number of halogens is 1. The first kappa shape index (κ1) is 31.9. The van der Waals surface area contributed by atoms with Crippen molar-refractivity contribution >= 4 is 17.7 Å². The highest BCUT2D eigenvalue weighted by Gasteiger charge is 2.22. The number of hydrogen-bond donors (Lipinski definition) is 2. The monoisotopic (exact) mass is 590 g/mol. The maximum Gasteiger partial charge on any atom is 0.408 e. The van der Waals surface area contributed by atoms with Gasteiger partial charge in [-0.2, -0.15) is 0 Å². The summed E-state index contributed by atoms with van der Waals surface area (Å²) in [5, 5.41) is 12.1. The number of para-hydroxylation sites is 1. The molecule has 0 radical (unpaired) electrons. The molecule has 1 aliphatic carbocycles. The molecule has 1 atom stereocenters. The topological polar surface area (TPSA) is 88.1 Å². The third-order valence-electron chi connectivity index (χ3n) is 7.67. The Hall–Kier alpha value is -4.07. The predicted molar refractivity (Wildman–Crippen MR) is 167 cm³/mol. The number of carbonyl (C=O) groups excluding carboxylic acids is 1. The van der Waals surface area contributed by atoms with Crippen molar-refractivity contribution in [3.8, 4) is 16.9 Å². The second-order valence-electron chi connectivity index (χ2n) is 12.5. The summed E-state index contributed by atoms with van der Waals surface area (Å²) in [6.07, 6.45) is 4.17. The fourth-order valence-electron chi connectivity index (χ4n) is 5.60. The van der Waals surface area contributed by atoms with Crippen molar-refractivity contribution in [1.29, 1.82) is 0 Å². The van der Waals surface area contributed by atoms with Gasteiger partial charge in [0.25, 0.3) is 0 Å². The average molecular weight is 591 g/mol. The van der Waals surface area contributed by atoms with Gasteiger partial charge in [0.15, 0.2) is 0 Å². The van der Waals surface area contributed by atoms with Gasteiger partial charge in [0.1, 0.15) is 23.8 Å². The van der Waals surface area contributed by atoms with Crippen molar-refractivity contribution in [2.75, 3.05) is 18.5 Å². The Morgan fingerprint density at radius 3 is 2.49 bits per heavy atom. The molecule has 0 bridgehead atoms. The lowest BCUT2D eigenvalue weighted by atomic mass is 9.96. The molecule has 230 valence electrons. The van der Waals surface area contributed by atoms with Crippen molar-refractivity contribution in [2.24, 2.45) is 5.92 Å². The summed E-state index contributed by atoms with van der Waals surface area (Å²) in [4.78, 5) is 26.0. The summed E-state index contributed by atoms with van der Waals surface area (Å²) in [5.74, 6) is -0.220. The lowest BCUT2D eigenvalue weighted by Crippen LogP contribution is -2.34. The van der Waals surface area contributed by atoms with Gasteiger partial charge >= 0.3 is 12.1 Å². The van der Waals surface area contributed by atoms with Crippen molar-refractivity contribution in [1.82, 2.24) is 5.32 Å². The van der Waals surface area contributed by atoms with Gasteiger partial charge in [-0.15, -0.1) is 0 Å². The third kappa shape index (κ3) is 8.96. The number of carboxylic acid groups (broad SMARTS) is 1. The molecular formula is C35H43FN2O5. The van der Waals surface area contributed by atoms with Crippen LogP contribution in [0.3, 0.4) is 0 Å². The molecular weight excluding hydrogens is 547 g/mol. The first-order valence-corrected chi connectivity index (χ1v) is 15.0. The van der Waals surface area contributed by atoms with Crippen molar-refractivity contribution in [3.05, 3.63) is 83.2 Å². The predicted octanol–water partition coefficient (Wildman–Crippen LogP) is 7.91. The van der Waals surface area contributed by atoms with E-state index >= 15 is 4.39 Å². The van der Waals surface area contributed by atoms with E-state index in [2.05, 4.69) is 17.3 Å². The van der Waals surface area contributed by atoms with E-state index in [9.17, 15) is 14.7 Å². The number of anilines is 1. The Bertz CT molecular complexity index is 1430. The van der Waals surface area contributed by atoms with Crippen molar-refractivity contribution in [2.45, 2.75) is 78.0 Å². The third-order valence-corrected chi connectivity index (χ3v) is 7.67. The van der Waals surface area contributed by atoms with Crippen molar-refractivity contribution in [3.63, 3.8) is 0 Å². The van der Waals surface area contributed by atoms with Crippen LogP contribution >= 0.6 is 0 Å². The summed E-state index contributed by atoms with van der Waals surface area (Å²) < 4.78 is 27.6. The number of carbonyl (C=O) groups is 2. The number of benzene rings is 3. The molecule has 1 aliphatic rings. The van der Waals surface area contributed by atoms with Gasteiger partial charge in [-0.05, 0) is 81.8 Å². The van der Waals surface area contributed by atoms with E-state index < -0.39 is 29.5 Å². The molecule has 1 fully saturated rings. The highest BCUT2D eigenvalue weighted by molar-refractivity contribution is 5.73. The molecule has 7 nitrogen and oxygen atoms in total. The number of amides is 1. The smallest absolute Gasteiger partial charge is 0.408 e. The van der Waals surface area contributed by atoms with Crippen LogP contribution in [0.2, 0.25) is 0 Å². The first-order chi connectivity index (χ1) is 20.4. The minimum atomic E-state index is -0.931. The van der Waals surface area contributed by atoms with Gasteiger partial charge in [-0.3, -0.25) is 4.79 Å². The normalized spacial score (nSPS) is 14.3. The molecule has 0 saturated heterocycles. The van der Waals surface area contributed by atoms with E-state index in [0.717, 1.165) is 17.8 Å². The summed E-state index contributed by atoms with van der Waals surface area (Å²) in [6, 6.07) is 17.6. The molecule has 8 heteroatoms. The lowest BCUT2D eigenvalue weighted by Gasteiger charge is -2.25. The summed E-state index contributed by atoms with van der Waals surface area (Å²) in [5.41, 5.74) is 3.17. The highest BCUT2D eigenvalue weighted by atomic mass is 19.1. The fourth-order valence-corrected chi connectivity index (χ4v) is 5.60. The Morgan fingerprint density at radius 1 is 1.07 bits per heavy atom. The largest absolute Gasteiger partial charge is 0.489 e. The molecule has 3 aromatic carbocycles. The van der Waals surface area contributed by atoms with Gasteiger partial charge in [-0.25, -0.2) is 9.18 Å². The molecule has 1 saturated carbocycles. The van der Waals surface area contributed by atoms with Gasteiger partial charge in [0.05, 0.1) is 12.5 Å². The number of ether oxygens (including phenoxy) is 2. The van der Waals surface area contributed by atoms with E-state index in [4.69, 9.17) is 9.47 Å². The molecule has 3 aromatic rings. The van der Waals surface area contributed by atoms with Crippen LogP contribution in [-0.2, 0) is 22.6 Å². The number of nitrogens with one attached hydrogen (secondary N) is 1. The molecule has 0 heterocycles. The molecule has 1 unspecified atom stereocenters. The minimum absolute atomic E-state index is 0.140. The quantitative estimate of drug-likeness (QED) is 0.236. The molecule has 0 aromatic heterocycles. The maximum atomic E-state index is 16.1. The Balaban J connectivity index is 1.65. The Morgan fingerprint density at radius 2 is 1.79 bits per heavy atom. The average Bonchev–Trinajstić information content (AvgIpc) is 3.44. The molecule has 1 amide bonds. The van der Waals surface area contributed by atoms with Crippen molar-refractivity contribution < 1.29 is 28.6 Å².